The van der Waals surface area contributed by atoms with Crippen LogP contribution in [0.2, 0.25) is 0 Å². The summed E-state index contributed by atoms with van der Waals surface area (Å²) in [6.07, 6.45) is 3.32. The van der Waals surface area contributed by atoms with Gasteiger partial charge in [0.1, 0.15) is 5.82 Å². The van der Waals surface area contributed by atoms with E-state index in [9.17, 15) is 14.0 Å². The van der Waals surface area contributed by atoms with E-state index in [1.807, 2.05) is 0 Å². The third-order valence-electron chi connectivity index (χ3n) is 3.82. The van der Waals surface area contributed by atoms with Crippen molar-refractivity contribution in [1.82, 2.24) is 9.99 Å². The molecule has 6 nitrogen and oxygen atoms in total. The first kappa shape index (κ1) is 18.1. The topological polar surface area (TPSA) is 83.7 Å². The van der Waals surface area contributed by atoms with Crippen molar-refractivity contribution in [1.29, 1.82) is 0 Å². The Kier molecular flexibility index (Phi) is 5.41. The van der Waals surface area contributed by atoms with Crippen LogP contribution < -0.4 is 5.43 Å². The van der Waals surface area contributed by atoms with E-state index >= 15 is 0 Å². The van der Waals surface area contributed by atoms with Crippen molar-refractivity contribution in [3.8, 4) is 5.69 Å². The maximum atomic E-state index is 12.9. The van der Waals surface area contributed by atoms with Crippen LogP contribution in [0, 0.1) is 5.82 Å². The Morgan fingerprint density at radius 3 is 2.63 bits per heavy atom. The summed E-state index contributed by atoms with van der Waals surface area (Å²) in [5, 5.41) is 13.0. The van der Waals surface area contributed by atoms with Gasteiger partial charge in [-0.2, -0.15) is 5.10 Å². The minimum atomic E-state index is -1.01. The molecule has 136 valence electrons. The van der Waals surface area contributed by atoms with Gasteiger partial charge in [0.05, 0.1) is 23.9 Å². The van der Waals surface area contributed by atoms with Gasteiger partial charge >= 0.3 is 5.97 Å². The number of amides is 1. The summed E-state index contributed by atoms with van der Waals surface area (Å²) in [7, 11) is 0. The van der Waals surface area contributed by atoms with Gasteiger partial charge in [0.15, 0.2) is 0 Å². The first-order valence-electron chi connectivity index (χ1n) is 8.10. The minimum Gasteiger partial charge on any atom is -0.478 e. The Hall–Kier alpha value is -3.74. The molecule has 0 fully saturated rings. The number of carbonyl (C=O) groups is 2. The normalized spacial score (nSPS) is 10.9. The van der Waals surface area contributed by atoms with Gasteiger partial charge < -0.3 is 9.67 Å². The highest BCUT2D eigenvalue weighted by molar-refractivity contribution is 5.88. The van der Waals surface area contributed by atoms with E-state index in [4.69, 9.17) is 5.11 Å². The van der Waals surface area contributed by atoms with Crippen LogP contribution >= 0.6 is 0 Å². The van der Waals surface area contributed by atoms with Crippen molar-refractivity contribution in [2.24, 2.45) is 5.10 Å². The van der Waals surface area contributed by atoms with Crippen LogP contribution in [-0.2, 0) is 11.2 Å². The Morgan fingerprint density at radius 2 is 1.89 bits per heavy atom. The first-order chi connectivity index (χ1) is 13.0. The predicted octanol–water partition coefficient (Wildman–Crippen LogP) is 3.01. The lowest BCUT2D eigenvalue weighted by Crippen LogP contribution is -2.20. The molecule has 1 amide bonds. The zero-order chi connectivity index (χ0) is 19.2. The third-order valence-corrected chi connectivity index (χ3v) is 3.82. The second-order valence-electron chi connectivity index (χ2n) is 5.75. The quantitative estimate of drug-likeness (QED) is 0.520. The van der Waals surface area contributed by atoms with Crippen LogP contribution in [0.1, 0.15) is 21.6 Å². The van der Waals surface area contributed by atoms with E-state index in [1.54, 1.807) is 53.2 Å². The minimum absolute atomic E-state index is 0.0826. The lowest BCUT2D eigenvalue weighted by molar-refractivity contribution is -0.120. The van der Waals surface area contributed by atoms with Crippen LogP contribution in [0.15, 0.2) is 72.0 Å². The van der Waals surface area contributed by atoms with E-state index in [0.717, 1.165) is 0 Å². The van der Waals surface area contributed by atoms with Crippen LogP contribution in [0.3, 0.4) is 0 Å². The molecule has 1 heterocycles. The molecule has 3 rings (SSSR count). The van der Waals surface area contributed by atoms with Crippen LogP contribution in [0.5, 0.6) is 0 Å². The number of benzene rings is 2. The fourth-order valence-electron chi connectivity index (χ4n) is 2.52. The standard InChI is InChI=1S/C20H16FN3O3/c21-16-8-6-14(7-9-16)11-19(25)23-22-13-18-5-2-10-24(18)17-4-1-3-15(12-17)20(26)27/h1-10,12-13H,11H2,(H,23,25)(H,26,27)/b22-13+. The molecule has 0 saturated carbocycles. The molecule has 0 bridgehead atoms. The number of rotatable bonds is 6. The number of carbonyl (C=O) groups excluding carboxylic acids is 1. The number of aromatic nitrogens is 1. The maximum Gasteiger partial charge on any atom is 0.335 e. The summed E-state index contributed by atoms with van der Waals surface area (Å²) in [6, 6.07) is 15.7. The molecule has 2 aromatic carbocycles. The van der Waals surface area contributed by atoms with E-state index < -0.39 is 5.97 Å². The molecular formula is C20H16FN3O3. The summed E-state index contributed by atoms with van der Waals surface area (Å²) in [6.45, 7) is 0. The smallest absolute Gasteiger partial charge is 0.335 e. The predicted molar refractivity (Wildman–Crippen MR) is 98.6 cm³/mol. The average molecular weight is 365 g/mol. The first-order valence-corrected chi connectivity index (χ1v) is 8.10. The van der Waals surface area contributed by atoms with Crippen molar-refractivity contribution in [3.63, 3.8) is 0 Å². The molecule has 0 atom stereocenters. The van der Waals surface area contributed by atoms with E-state index in [-0.39, 0.29) is 23.7 Å². The number of hydrogen-bond donors (Lipinski definition) is 2. The Morgan fingerprint density at radius 1 is 1.11 bits per heavy atom. The number of carboxylic acids is 1. The van der Waals surface area contributed by atoms with Crippen molar-refractivity contribution < 1.29 is 19.1 Å². The van der Waals surface area contributed by atoms with Crippen molar-refractivity contribution >= 4 is 18.1 Å². The number of halogens is 1. The summed E-state index contributed by atoms with van der Waals surface area (Å²) in [4.78, 5) is 23.0. The van der Waals surface area contributed by atoms with Gasteiger partial charge in [-0.3, -0.25) is 4.79 Å². The molecule has 0 aliphatic rings. The monoisotopic (exact) mass is 365 g/mol. The largest absolute Gasteiger partial charge is 0.478 e. The molecular weight excluding hydrogens is 349 g/mol. The van der Waals surface area contributed by atoms with Crippen LogP contribution in [-0.4, -0.2) is 27.8 Å². The number of hydrogen-bond acceptors (Lipinski definition) is 3. The summed E-state index contributed by atoms with van der Waals surface area (Å²) in [5.74, 6) is -1.69. The van der Waals surface area contributed by atoms with Crippen molar-refractivity contribution in [2.45, 2.75) is 6.42 Å². The molecule has 2 N–H and O–H groups in total. The Balaban J connectivity index is 1.67. The highest BCUT2D eigenvalue weighted by Gasteiger charge is 2.07. The molecule has 0 aliphatic heterocycles. The summed E-state index contributed by atoms with van der Waals surface area (Å²) < 4.78 is 14.6. The van der Waals surface area contributed by atoms with Gasteiger partial charge in [0.2, 0.25) is 5.91 Å². The van der Waals surface area contributed by atoms with Gasteiger partial charge in [-0.1, -0.05) is 18.2 Å². The molecule has 0 spiro atoms. The summed E-state index contributed by atoms with van der Waals surface area (Å²) >= 11 is 0. The van der Waals surface area contributed by atoms with Gasteiger partial charge in [0, 0.05) is 11.9 Å². The zero-order valence-corrected chi connectivity index (χ0v) is 14.2. The molecule has 7 heteroatoms. The SMILES string of the molecule is O=C(Cc1ccc(F)cc1)N/N=C/c1cccn1-c1cccc(C(=O)O)c1. The highest BCUT2D eigenvalue weighted by Crippen LogP contribution is 2.14. The number of nitrogens with one attached hydrogen (secondary N) is 1. The van der Waals surface area contributed by atoms with Gasteiger partial charge in [0.25, 0.3) is 0 Å². The Bertz CT molecular complexity index is 994. The summed E-state index contributed by atoms with van der Waals surface area (Å²) in [5.41, 5.74) is 4.61. The number of carboxylic acid groups (broad SMARTS) is 1. The molecule has 0 aliphatic carbocycles. The lowest BCUT2D eigenvalue weighted by atomic mass is 10.1. The zero-order valence-electron chi connectivity index (χ0n) is 14.2. The van der Waals surface area contributed by atoms with E-state index in [0.29, 0.717) is 16.9 Å². The van der Waals surface area contributed by atoms with Crippen molar-refractivity contribution in [2.75, 3.05) is 0 Å². The molecule has 0 saturated heterocycles. The van der Waals surface area contributed by atoms with E-state index in [1.165, 1.54) is 24.4 Å². The third kappa shape index (κ3) is 4.66. The fraction of sp³-hybridized carbons (Fsp3) is 0.0500. The molecule has 27 heavy (non-hydrogen) atoms. The maximum absolute atomic E-state index is 12.9. The van der Waals surface area contributed by atoms with Crippen LogP contribution in [0.25, 0.3) is 5.69 Å². The second kappa shape index (κ2) is 8.09. The second-order valence-corrected chi connectivity index (χ2v) is 5.75. The lowest BCUT2D eigenvalue weighted by Gasteiger charge is -2.07. The van der Waals surface area contributed by atoms with E-state index in [2.05, 4.69) is 10.5 Å². The van der Waals surface area contributed by atoms with Crippen LogP contribution in [0.4, 0.5) is 4.39 Å². The molecule has 3 aromatic rings. The molecule has 1 aromatic heterocycles. The highest BCUT2D eigenvalue weighted by atomic mass is 19.1. The Labute approximate surface area is 154 Å². The molecule has 0 radical (unpaired) electrons. The fourth-order valence-corrected chi connectivity index (χ4v) is 2.52. The van der Waals surface area contributed by atoms with Gasteiger partial charge in [-0.15, -0.1) is 0 Å². The number of hydrazone groups is 1. The number of nitrogens with zero attached hydrogens (tertiary/aromatic N) is 2. The molecule has 0 unspecified atom stereocenters. The number of aromatic carboxylic acids is 1. The van der Waals surface area contributed by atoms with Gasteiger partial charge in [-0.05, 0) is 48.0 Å². The van der Waals surface area contributed by atoms with Gasteiger partial charge in [-0.25, -0.2) is 14.6 Å². The van der Waals surface area contributed by atoms with Crippen molar-refractivity contribution in [3.05, 3.63) is 89.5 Å². The average Bonchev–Trinajstić information content (AvgIpc) is 3.12.